The van der Waals surface area contributed by atoms with Gasteiger partial charge in [-0.25, -0.2) is 0 Å². The van der Waals surface area contributed by atoms with E-state index in [1.54, 1.807) is 0 Å². The predicted octanol–water partition coefficient (Wildman–Crippen LogP) is 23.1. The van der Waals surface area contributed by atoms with Crippen molar-refractivity contribution in [1.29, 1.82) is 0 Å². The summed E-state index contributed by atoms with van der Waals surface area (Å²) in [6.45, 7) is 6.54. The molecule has 450 valence electrons. The van der Waals surface area contributed by atoms with E-state index in [1.807, 2.05) is 0 Å². The highest BCUT2D eigenvalue weighted by atomic mass is 16.6. The Morgan fingerprint density at radius 1 is 0.269 bits per heavy atom. The number of allylic oxidation sites excluding steroid dienone is 14. The molecule has 0 amide bonds. The normalized spacial score (nSPS) is 12.6. The summed E-state index contributed by atoms with van der Waals surface area (Å²) in [7, 11) is 0. The number of rotatable bonds is 61. The lowest BCUT2D eigenvalue weighted by molar-refractivity contribution is -0.167. The van der Waals surface area contributed by atoms with Crippen LogP contribution in [-0.2, 0) is 28.6 Å². The Bertz CT molecular complexity index is 1480. The summed E-state index contributed by atoms with van der Waals surface area (Å²) in [4.78, 5) is 38.4. The van der Waals surface area contributed by atoms with Gasteiger partial charge in [-0.2, -0.15) is 0 Å². The molecule has 0 heterocycles. The molecule has 1 unspecified atom stereocenters. The quantitative estimate of drug-likeness (QED) is 0.0261. The number of hydrogen-bond acceptors (Lipinski definition) is 6. The Labute approximate surface area is 484 Å². The zero-order valence-corrected chi connectivity index (χ0v) is 51.7. The minimum Gasteiger partial charge on any atom is -0.462 e. The maximum Gasteiger partial charge on any atom is 0.306 e. The number of carbonyl (C=O) groups excluding carboxylic acids is 3. The Morgan fingerprint density at radius 2 is 0.500 bits per heavy atom. The third-order valence-electron chi connectivity index (χ3n) is 14.6. The second-order valence-corrected chi connectivity index (χ2v) is 22.3. The van der Waals surface area contributed by atoms with Gasteiger partial charge in [-0.3, -0.25) is 14.4 Å². The first-order chi connectivity index (χ1) is 38.5. The molecule has 6 heteroatoms. The number of esters is 3. The highest BCUT2D eigenvalue weighted by Crippen LogP contribution is 2.16. The molecular formula is C72H126O6. The van der Waals surface area contributed by atoms with E-state index in [1.165, 1.54) is 193 Å². The van der Waals surface area contributed by atoms with Crippen molar-refractivity contribution in [1.82, 2.24) is 0 Å². The minimum absolute atomic E-state index is 0.0836. The van der Waals surface area contributed by atoms with Crippen LogP contribution in [0.5, 0.6) is 0 Å². The summed E-state index contributed by atoms with van der Waals surface area (Å²) in [6, 6.07) is 0. The summed E-state index contributed by atoms with van der Waals surface area (Å²) in [5.41, 5.74) is 0. The zero-order valence-electron chi connectivity index (χ0n) is 51.7. The molecule has 0 aromatic rings. The zero-order chi connectivity index (χ0) is 56.4. The maximum atomic E-state index is 12.9. The molecule has 0 fully saturated rings. The molecule has 0 aromatic carbocycles. The van der Waals surface area contributed by atoms with E-state index in [9.17, 15) is 14.4 Å². The van der Waals surface area contributed by atoms with Gasteiger partial charge in [0.05, 0.1) is 0 Å². The van der Waals surface area contributed by atoms with Crippen LogP contribution in [0.15, 0.2) is 85.1 Å². The number of unbranched alkanes of at least 4 members (excludes halogenated alkanes) is 36. The maximum absolute atomic E-state index is 12.9. The van der Waals surface area contributed by atoms with Crippen LogP contribution in [0.1, 0.15) is 335 Å². The van der Waals surface area contributed by atoms with Crippen LogP contribution < -0.4 is 0 Å². The molecule has 0 saturated carbocycles. The summed E-state index contributed by atoms with van der Waals surface area (Å²) in [6.07, 6.45) is 87.3. The lowest BCUT2D eigenvalue weighted by Crippen LogP contribution is -2.30. The van der Waals surface area contributed by atoms with E-state index in [4.69, 9.17) is 14.2 Å². The van der Waals surface area contributed by atoms with Gasteiger partial charge in [0, 0.05) is 19.3 Å². The van der Waals surface area contributed by atoms with Crippen molar-refractivity contribution in [2.75, 3.05) is 13.2 Å². The SMILES string of the molecule is CC/C=C\C/C=C\C/C=C\C/C=C\CCCCCCCCC(=O)OC(COC(=O)CCCCCCCCC/C=C\CCCCCCCCC)COC(=O)CCCCCCCCCCCCC/C=C\C/C=C\CCCCCCC. The van der Waals surface area contributed by atoms with Gasteiger partial charge in [0.25, 0.3) is 0 Å². The standard InChI is InChI=1S/C72H126O6/c1-4-7-10-13-16-19-22-25-28-31-34-35-36-37-39-41-44-47-50-53-56-59-62-65-71(74)77-68-69(67-76-70(73)64-61-58-55-52-49-46-43-40-33-30-27-24-21-18-15-12-9-6-3)78-72(75)66-63-60-57-54-51-48-45-42-38-32-29-26-23-20-17-14-11-8-5-2/h8,11,17,20,22,25-26,29-31,33-34,38,42,69H,4-7,9-10,12-16,18-19,21,23-24,27-28,32,35-37,39-41,43-68H2,1-3H3/b11-8-,20-17-,25-22-,29-26-,33-30-,34-31-,42-38-. The summed E-state index contributed by atoms with van der Waals surface area (Å²) >= 11 is 0. The molecule has 0 aliphatic rings. The van der Waals surface area contributed by atoms with E-state index in [-0.39, 0.29) is 31.1 Å². The van der Waals surface area contributed by atoms with Crippen molar-refractivity contribution >= 4 is 17.9 Å². The fourth-order valence-corrected chi connectivity index (χ4v) is 9.58. The molecule has 78 heavy (non-hydrogen) atoms. The largest absolute Gasteiger partial charge is 0.462 e. The van der Waals surface area contributed by atoms with Crippen LogP contribution in [0.3, 0.4) is 0 Å². The van der Waals surface area contributed by atoms with Crippen molar-refractivity contribution in [3.8, 4) is 0 Å². The van der Waals surface area contributed by atoms with Gasteiger partial charge < -0.3 is 14.2 Å². The number of hydrogen-bond donors (Lipinski definition) is 0. The van der Waals surface area contributed by atoms with E-state index < -0.39 is 6.10 Å². The van der Waals surface area contributed by atoms with Crippen LogP contribution in [0.4, 0.5) is 0 Å². The first kappa shape index (κ1) is 74.6. The minimum atomic E-state index is -0.789. The Kier molecular flexibility index (Phi) is 63.2. The second kappa shape index (κ2) is 66.1. The van der Waals surface area contributed by atoms with Crippen molar-refractivity contribution in [2.24, 2.45) is 0 Å². The van der Waals surface area contributed by atoms with E-state index in [2.05, 4.69) is 106 Å². The Morgan fingerprint density at radius 3 is 0.795 bits per heavy atom. The van der Waals surface area contributed by atoms with Crippen LogP contribution >= 0.6 is 0 Å². The Hall–Kier alpha value is -3.41. The highest BCUT2D eigenvalue weighted by molar-refractivity contribution is 5.71. The van der Waals surface area contributed by atoms with Crippen LogP contribution in [0.2, 0.25) is 0 Å². The second-order valence-electron chi connectivity index (χ2n) is 22.3. The van der Waals surface area contributed by atoms with E-state index >= 15 is 0 Å². The monoisotopic (exact) mass is 1090 g/mol. The van der Waals surface area contributed by atoms with Gasteiger partial charge >= 0.3 is 17.9 Å². The molecular weight excluding hydrogens is 961 g/mol. The van der Waals surface area contributed by atoms with Gasteiger partial charge in [0.1, 0.15) is 13.2 Å². The van der Waals surface area contributed by atoms with Gasteiger partial charge in [-0.15, -0.1) is 0 Å². The smallest absolute Gasteiger partial charge is 0.306 e. The first-order valence-electron chi connectivity index (χ1n) is 33.6. The first-order valence-corrected chi connectivity index (χ1v) is 33.6. The Balaban J connectivity index is 4.38. The fourth-order valence-electron chi connectivity index (χ4n) is 9.58. The van der Waals surface area contributed by atoms with Gasteiger partial charge in [0.15, 0.2) is 6.10 Å². The fraction of sp³-hybridized carbons (Fsp3) is 0.764. The number of carbonyl (C=O) groups is 3. The van der Waals surface area contributed by atoms with Crippen LogP contribution in [0.25, 0.3) is 0 Å². The van der Waals surface area contributed by atoms with E-state index in [0.29, 0.717) is 19.3 Å². The van der Waals surface area contributed by atoms with Gasteiger partial charge in [-0.1, -0.05) is 286 Å². The lowest BCUT2D eigenvalue weighted by Gasteiger charge is -2.18. The van der Waals surface area contributed by atoms with Crippen molar-refractivity contribution in [2.45, 2.75) is 341 Å². The predicted molar refractivity (Wildman–Crippen MR) is 339 cm³/mol. The molecule has 0 radical (unpaired) electrons. The topological polar surface area (TPSA) is 78.9 Å². The third-order valence-corrected chi connectivity index (χ3v) is 14.6. The molecule has 0 rings (SSSR count). The van der Waals surface area contributed by atoms with Crippen molar-refractivity contribution in [3.05, 3.63) is 85.1 Å². The van der Waals surface area contributed by atoms with Gasteiger partial charge in [0.2, 0.25) is 0 Å². The highest BCUT2D eigenvalue weighted by Gasteiger charge is 2.19. The average Bonchev–Trinajstić information content (AvgIpc) is 3.44. The molecule has 0 bridgehead atoms. The third kappa shape index (κ3) is 63.4. The summed E-state index contributed by atoms with van der Waals surface area (Å²) in [5, 5.41) is 0. The van der Waals surface area contributed by atoms with E-state index in [0.717, 1.165) is 103 Å². The molecule has 0 aromatic heterocycles. The van der Waals surface area contributed by atoms with Crippen molar-refractivity contribution < 1.29 is 28.6 Å². The van der Waals surface area contributed by atoms with Crippen LogP contribution in [0, 0.1) is 0 Å². The van der Waals surface area contributed by atoms with Crippen molar-refractivity contribution in [3.63, 3.8) is 0 Å². The molecule has 6 nitrogen and oxygen atoms in total. The number of ether oxygens (including phenoxy) is 3. The molecule has 0 aliphatic carbocycles. The molecule has 0 spiro atoms. The van der Waals surface area contributed by atoms with Crippen LogP contribution in [-0.4, -0.2) is 37.2 Å². The van der Waals surface area contributed by atoms with Gasteiger partial charge in [-0.05, 0) is 116 Å². The molecule has 0 aliphatic heterocycles. The average molecular weight is 1090 g/mol. The molecule has 1 atom stereocenters. The lowest BCUT2D eigenvalue weighted by atomic mass is 10.0. The summed E-state index contributed by atoms with van der Waals surface area (Å²) in [5.74, 6) is -0.889. The molecule has 0 N–H and O–H groups in total. The summed E-state index contributed by atoms with van der Waals surface area (Å²) < 4.78 is 17.0. The molecule has 0 saturated heterocycles.